The van der Waals surface area contributed by atoms with Gasteiger partial charge in [0.05, 0.1) is 0 Å². The summed E-state index contributed by atoms with van der Waals surface area (Å²) < 4.78 is 0. The highest BCUT2D eigenvalue weighted by atomic mass is 14.3. The average molecular weight is 527 g/mol. The molecule has 0 heterocycles. The van der Waals surface area contributed by atoms with E-state index < -0.39 is 0 Å². The van der Waals surface area contributed by atoms with Crippen molar-refractivity contribution in [3.8, 4) is 22.3 Å². The van der Waals surface area contributed by atoms with Crippen molar-refractivity contribution in [1.82, 2.24) is 0 Å². The fourth-order valence-electron chi connectivity index (χ4n) is 5.99. The Kier molecular flexibility index (Phi) is 9.64. The molecule has 0 aliphatic heterocycles. The summed E-state index contributed by atoms with van der Waals surface area (Å²) >= 11 is 0. The largest absolute Gasteiger partial charge is 0.0955 e. The minimum atomic E-state index is 0.509. The van der Waals surface area contributed by atoms with E-state index in [-0.39, 0.29) is 0 Å². The fourth-order valence-corrected chi connectivity index (χ4v) is 5.99. The van der Waals surface area contributed by atoms with Crippen LogP contribution in [0.4, 0.5) is 0 Å². The maximum Gasteiger partial charge on any atom is -0.000729 e. The van der Waals surface area contributed by atoms with Crippen LogP contribution < -0.4 is 0 Å². The molecule has 1 aliphatic carbocycles. The van der Waals surface area contributed by atoms with Gasteiger partial charge in [0.2, 0.25) is 0 Å². The lowest BCUT2D eigenvalue weighted by Gasteiger charge is -2.26. The first-order valence-electron chi connectivity index (χ1n) is 14.9. The highest BCUT2D eigenvalue weighted by molar-refractivity contribution is 5.85. The molecule has 0 saturated carbocycles. The summed E-state index contributed by atoms with van der Waals surface area (Å²) in [6, 6.07) is 30.9. The Balaban J connectivity index is 0.000000350. The van der Waals surface area contributed by atoms with Gasteiger partial charge in [0.25, 0.3) is 0 Å². The van der Waals surface area contributed by atoms with Crippen LogP contribution in [-0.4, -0.2) is 0 Å². The second-order valence-electron chi connectivity index (χ2n) is 11.9. The molecule has 1 unspecified atom stereocenters. The quantitative estimate of drug-likeness (QED) is 0.185. The Hall–Kier alpha value is -3.64. The molecule has 5 rings (SSSR count). The first kappa shape index (κ1) is 29.3. The van der Waals surface area contributed by atoms with Crippen molar-refractivity contribution in [3.63, 3.8) is 0 Å². The lowest BCUT2D eigenvalue weighted by Crippen LogP contribution is -2.08. The molecule has 4 aromatic rings. The van der Waals surface area contributed by atoms with Crippen LogP contribution in [0, 0.1) is 0 Å². The third-order valence-electron chi connectivity index (χ3n) is 8.13. The van der Waals surface area contributed by atoms with Gasteiger partial charge < -0.3 is 0 Å². The maximum absolute atomic E-state index is 3.83. The van der Waals surface area contributed by atoms with Crippen molar-refractivity contribution in [1.29, 1.82) is 0 Å². The number of hydrogen-bond acceptors (Lipinski definition) is 0. The molecule has 1 aliphatic rings. The minimum Gasteiger partial charge on any atom is -0.0955 e. The Bertz CT molecular complexity index is 1450. The molecule has 0 aromatic heterocycles. The molecule has 0 saturated heterocycles. The second-order valence-corrected chi connectivity index (χ2v) is 11.9. The smallest absolute Gasteiger partial charge is 0.000729 e. The van der Waals surface area contributed by atoms with Gasteiger partial charge in [-0.15, -0.1) is 0 Å². The van der Waals surface area contributed by atoms with E-state index in [1.54, 1.807) is 5.56 Å². The molecule has 4 aromatic carbocycles. The molecule has 0 radical (unpaired) electrons. The van der Waals surface area contributed by atoms with Crippen LogP contribution in [-0.2, 0) is 6.42 Å². The summed E-state index contributed by atoms with van der Waals surface area (Å²) in [7, 11) is 0. The van der Waals surface area contributed by atoms with E-state index in [0.717, 1.165) is 18.4 Å². The lowest BCUT2D eigenvalue weighted by molar-refractivity contribution is 0.711. The van der Waals surface area contributed by atoms with Gasteiger partial charge in [-0.2, -0.15) is 0 Å². The molecule has 0 amide bonds. The summed E-state index contributed by atoms with van der Waals surface area (Å²) in [5.74, 6) is 1.55. The second kappa shape index (κ2) is 13.1. The van der Waals surface area contributed by atoms with Gasteiger partial charge >= 0.3 is 0 Å². The van der Waals surface area contributed by atoms with Gasteiger partial charge in [0.1, 0.15) is 0 Å². The molecule has 0 bridgehead atoms. The van der Waals surface area contributed by atoms with Gasteiger partial charge in [-0.05, 0) is 100 Å². The van der Waals surface area contributed by atoms with Crippen LogP contribution in [0.1, 0.15) is 106 Å². The number of hydrogen-bond donors (Lipinski definition) is 0. The molecular weight excluding hydrogens is 480 g/mol. The molecule has 0 heteroatoms. The number of fused-ring (bicyclic) bond motifs is 3. The van der Waals surface area contributed by atoms with E-state index in [9.17, 15) is 0 Å². The normalized spacial score (nSPS) is 12.7. The van der Waals surface area contributed by atoms with Crippen molar-refractivity contribution in [2.45, 2.75) is 79.1 Å². The molecule has 0 nitrogen and oxygen atoms in total. The molecule has 0 fully saturated rings. The molecule has 206 valence electrons. The van der Waals surface area contributed by atoms with Crippen LogP contribution in [0.15, 0.2) is 104 Å². The highest BCUT2D eigenvalue weighted by Gasteiger charge is 2.24. The number of rotatable bonds is 7. The first-order valence-corrected chi connectivity index (χ1v) is 14.9. The van der Waals surface area contributed by atoms with Crippen molar-refractivity contribution in [2.75, 3.05) is 0 Å². The zero-order valence-electron chi connectivity index (χ0n) is 25.6. The summed E-state index contributed by atoms with van der Waals surface area (Å²) in [6.45, 7) is 19.7. The van der Waals surface area contributed by atoms with Gasteiger partial charge in [-0.1, -0.05) is 144 Å². The standard InChI is InChI=1S/C31H36.C9H10/c1-7-8-12-22(6)31-28(20(2)3)18-24(19-29(31)21(4)5)26-15-11-16-27-25-14-10-9-13-23(25)17-30(26)27;1-8(2)9-6-4-3-5-7-9/h7-11,13-16,18-22H,12,17H2,1-6H3;3-7H,1H2,2H3/b8-7-;. The topological polar surface area (TPSA) is 0 Å². The number of allylic oxidation sites excluding steroid dienone is 3. The van der Waals surface area contributed by atoms with E-state index in [1.165, 1.54) is 50.1 Å². The molecule has 40 heavy (non-hydrogen) atoms. The van der Waals surface area contributed by atoms with Crippen LogP contribution >= 0.6 is 0 Å². The average Bonchev–Trinajstić information content (AvgIpc) is 3.35. The third kappa shape index (κ3) is 6.39. The first-order chi connectivity index (χ1) is 19.2. The zero-order valence-corrected chi connectivity index (χ0v) is 25.6. The minimum absolute atomic E-state index is 0.509. The van der Waals surface area contributed by atoms with Crippen LogP contribution in [0.3, 0.4) is 0 Å². The summed E-state index contributed by atoms with van der Waals surface area (Å²) in [4.78, 5) is 0. The Labute approximate surface area is 243 Å². The maximum atomic E-state index is 3.83. The van der Waals surface area contributed by atoms with Gasteiger partial charge in [-0.25, -0.2) is 0 Å². The van der Waals surface area contributed by atoms with Crippen LogP contribution in [0.2, 0.25) is 0 Å². The predicted octanol–water partition coefficient (Wildman–Crippen LogP) is 12.0. The van der Waals surface area contributed by atoms with Gasteiger partial charge in [0.15, 0.2) is 0 Å². The van der Waals surface area contributed by atoms with Crippen molar-refractivity contribution in [2.24, 2.45) is 0 Å². The molecule has 0 N–H and O–H groups in total. The summed E-state index contributed by atoms with van der Waals surface area (Å²) in [6.07, 6.45) is 6.63. The highest BCUT2D eigenvalue weighted by Crippen LogP contribution is 2.44. The lowest BCUT2D eigenvalue weighted by atomic mass is 9.79. The van der Waals surface area contributed by atoms with Crippen LogP contribution in [0.5, 0.6) is 0 Å². The summed E-state index contributed by atoms with van der Waals surface area (Å²) in [5.41, 5.74) is 15.5. The van der Waals surface area contributed by atoms with E-state index in [0.29, 0.717) is 17.8 Å². The van der Waals surface area contributed by atoms with Gasteiger partial charge in [0, 0.05) is 0 Å². The molecular formula is C40H46. The predicted molar refractivity (Wildman–Crippen MR) is 177 cm³/mol. The van der Waals surface area contributed by atoms with E-state index >= 15 is 0 Å². The number of benzene rings is 4. The Morgan fingerprint density at radius 2 is 1.32 bits per heavy atom. The van der Waals surface area contributed by atoms with E-state index in [4.69, 9.17) is 0 Å². The zero-order chi connectivity index (χ0) is 28.8. The SMILES string of the molecule is C/C=C\CC(C)c1c(C(C)C)cc(-c2cccc3c2Cc2ccccc2-3)cc1C(C)C.C=C(C)c1ccccc1. The summed E-state index contributed by atoms with van der Waals surface area (Å²) in [5, 5.41) is 0. The Morgan fingerprint density at radius 1 is 0.750 bits per heavy atom. The van der Waals surface area contributed by atoms with Crippen molar-refractivity contribution < 1.29 is 0 Å². The van der Waals surface area contributed by atoms with Crippen LogP contribution in [0.25, 0.3) is 27.8 Å². The molecule has 0 spiro atoms. The van der Waals surface area contributed by atoms with Crippen molar-refractivity contribution >= 4 is 5.57 Å². The van der Waals surface area contributed by atoms with E-state index in [2.05, 4.69) is 127 Å². The monoisotopic (exact) mass is 526 g/mol. The van der Waals surface area contributed by atoms with E-state index in [1.807, 2.05) is 25.1 Å². The third-order valence-corrected chi connectivity index (χ3v) is 8.13. The molecule has 1 atom stereocenters. The Morgan fingerprint density at radius 3 is 1.90 bits per heavy atom. The fraction of sp³-hybridized carbons (Fsp3) is 0.300. The van der Waals surface area contributed by atoms with Crippen molar-refractivity contribution in [3.05, 3.63) is 137 Å². The van der Waals surface area contributed by atoms with Gasteiger partial charge in [-0.3, -0.25) is 0 Å².